The summed E-state index contributed by atoms with van der Waals surface area (Å²) in [6.07, 6.45) is 2.69. The molecule has 2 heterocycles. The Morgan fingerprint density at radius 1 is 1.39 bits per heavy atom. The highest BCUT2D eigenvalue weighted by Crippen LogP contribution is 2.12. The minimum atomic E-state index is 0.657. The predicted molar refractivity (Wildman–Crippen MR) is 70.9 cm³/mol. The minimum absolute atomic E-state index is 0.657. The lowest BCUT2D eigenvalue weighted by molar-refractivity contribution is 0.396. The summed E-state index contributed by atoms with van der Waals surface area (Å²) in [5, 5.41) is 7.54. The van der Waals surface area contributed by atoms with Crippen LogP contribution in [0.3, 0.4) is 0 Å². The van der Waals surface area contributed by atoms with Crippen LogP contribution < -0.4 is 10.1 Å². The smallest absolute Gasteiger partial charge is 0.213 e. The van der Waals surface area contributed by atoms with Crippen LogP contribution in [0.5, 0.6) is 5.88 Å². The van der Waals surface area contributed by atoms with E-state index in [0.717, 1.165) is 30.0 Å². The van der Waals surface area contributed by atoms with Crippen molar-refractivity contribution in [3.8, 4) is 5.88 Å². The Balaban J connectivity index is 1.90. The molecule has 5 nitrogen and oxygen atoms in total. The second-order valence-electron chi connectivity index (χ2n) is 4.12. The van der Waals surface area contributed by atoms with E-state index in [1.807, 2.05) is 43.0 Å². The summed E-state index contributed by atoms with van der Waals surface area (Å²) in [6, 6.07) is 5.80. The van der Waals surface area contributed by atoms with Crippen LogP contribution in [0.25, 0.3) is 0 Å². The normalized spacial score (nSPS) is 10.4. The van der Waals surface area contributed by atoms with Crippen molar-refractivity contribution < 1.29 is 4.74 Å². The van der Waals surface area contributed by atoms with E-state index in [-0.39, 0.29) is 0 Å². The van der Waals surface area contributed by atoms with E-state index < -0.39 is 0 Å². The van der Waals surface area contributed by atoms with Crippen molar-refractivity contribution in [3.05, 3.63) is 35.8 Å². The Hall–Kier alpha value is -2.04. The Morgan fingerprint density at radius 3 is 2.89 bits per heavy atom. The molecule has 96 valence electrons. The van der Waals surface area contributed by atoms with Crippen molar-refractivity contribution in [2.24, 2.45) is 7.05 Å². The van der Waals surface area contributed by atoms with Gasteiger partial charge in [0.05, 0.1) is 24.7 Å². The van der Waals surface area contributed by atoms with Gasteiger partial charge in [-0.25, -0.2) is 4.98 Å². The first kappa shape index (κ1) is 12.4. The number of hydrogen-bond donors (Lipinski definition) is 1. The number of rotatable bonds is 5. The second-order valence-corrected chi connectivity index (χ2v) is 4.12. The van der Waals surface area contributed by atoms with Crippen molar-refractivity contribution in [3.63, 3.8) is 0 Å². The first-order valence-corrected chi connectivity index (χ1v) is 5.93. The molecule has 0 unspecified atom stereocenters. The van der Waals surface area contributed by atoms with Gasteiger partial charge in [0.15, 0.2) is 0 Å². The first-order chi connectivity index (χ1) is 8.70. The largest absolute Gasteiger partial charge is 0.481 e. The van der Waals surface area contributed by atoms with Crippen LogP contribution in [-0.2, 0) is 13.5 Å². The summed E-state index contributed by atoms with van der Waals surface area (Å²) in [5.41, 5.74) is 3.22. The topological polar surface area (TPSA) is 52.0 Å². The van der Waals surface area contributed by atoms with E-state index in [0.29, 0.717) is 5.88 Å². The molecular formula is C13H18N4O. The molecule has 0 aliphatic heterocycles. The maximum absolute atomic E-state index is 5.10. The Bertz CT molecular complexity index is 521. The van der Waals surface area contributed by atoms with Gasteiger partial charge in [0, 0.05) is 31.8 Å². The molecule has 0 aliphatic rings. The minimum Gasteiger partial charge on any atom is -0.481 e. The quantitative estimate of drug-likeness (QED) is 0.873. The number of pyridine rings is 1. The predicted octanol–water partition coefficient (Wildman–Crippen LogP) is 1.79. The van der Waals surface area contributed by atoms with Gasteiger partial charge < -0.3 is 10.1 Å². The maximum atomic E-state index is 5.10. The summed E-state index contributed by atoms with van der Waals surface area (Å²) < 4.78 is 6.95. The SMILES string of the molecule is COc1cccc(CCNc2cnn(C)c2C)n1. The third kappa shape index (κ3) is 2.80. The average molecular weight is 246 g/mol. The Kier molecular flexibility index (Phi) is 3.82. The number of aromatic nitrogens is 3. The van der Waals surface area contributed by atoms with Gasteiger partial charge in [0.1, 0.15) is 0 Å². The van der Waals surface area contributed by atoms with Crippen molar-refractivity contribution in [1.82, 2.24) is 14.8 Å². The van der Waals surface area contributed by atoms with Crippen molar-refractivity contribution in [1.29, 1.82) is 0 Å². The molecule has 2 aromatic heterocycles. The zero-order valence-electron chi connectivity index (χ0n) is 11.0. The highest BCUT2D eigenvalue weighted by molar-refractivity contribution is 5.45. The van der Waals surface area contributed by atoms with Crippen LogP contribution in [0.2, 0.25) is 0 Å². The maximum Gasteiger partial charge on any atom is 0.213 e. The van der Waals surface area contributed by atoms with Gasteiger partial charge in [-0.05, 0) is 13.0 Å². The van der Waals surface area contributed by atoms with Crippen molar-refractivity contribution >= 4 is 5.69 Å². The summed E-state index contributed by atoms with van der Waals surface area (Å²) in [6.45, 7) is 2.87. The van der Waals surface area contributed by atoms with Gasteiger partial charge in [-0.1, -0.05) is 6.07 Å². The molecule has 2 aromatic rings. The monoisotopic (exact) mass is 246 g/mol. The first-order valence-electron chi connectivity index (χ1n) is 5.93. The molecule has 1 N–H and O–H groups in total. The molecule has 5 heteroatoms. The average Bonchev–Trinajstić information content (AvgIpc) is 2.71. The summed E-state index contributed by atoms with van der Waals surface area (Å²) in [5.74, 6) is 0.657. The van der Waals surface area contributed by atoms with Crippen LogP contribution in [0.1, 0.15) is 11.4 Å². The van der Waals surface area contributed by atoms with Crippen molar-refractivity contribution in [2.45, 2.75) is 13.3 Å². The van der Waals surface area contributed by atoms with E-state index in [1.54, 1.807) is 7.11 Å². The Morgan fingerprint density at radius 2 is 2.22 bits per heavy atom. The fraction of sp³-hybridized carbons (Fsp3) is 0.385. The summed E-state index contributed by atoms with van der Waals surface area (Å²) >= 11 is 0. The fourth-order valence-corrected chi connectivity index (χ4v) is 1.71. The van der Waals surface area contributed by atoms with Crippen LogP contribution in [0, 0.1) is 6.92 Å². The number of hydrogen-bond acceptors (Lipinski definition) is 4. The van der Waals surface area contributed by atoms with Gasteiger partial charge in [-0.3, -0.25) is 4.68 Å². The fourth-order valence-electron chi connectivity index (χ4n) is 1.71. The molecule has 0 saturated heterocycles. The zero-order valence-corrected chi connectivity index (χ0v) is 11.0. The van der Waals surface area contributed by atoms with Gasteiger partial charge in [0.25, 0.3) is 0 Å². The van der Waals surface area contributed by atoms with Gasteiger partial charge in [-0.2, -0.15) is 5.10 Å². The van der Waals surface area contributed by atoms with Gasteiger partial charge in [0.2, 0.25) is 5.88 Å². The molecule has 18 heavy (non-hydrogen) atoms. The molecule has 0 aliphatic carbocycles. The van der Waals surface area contributed by atoms with Crippen molar-refractivity contribution in [2.75, 3.05) is 19.0 Å². The number of methoxy groups -OCH3 is 1. The number of anilines is 1. The van der Waals surface area contributed by atoms with Crippen LogP contribution in [0.15, 0.2) is 24.4 Å². The molecule has 0 radical (unpaired) electrons. The molecule has 0 atom stereocenters. The number of aryl methyl sites for hydroxylation is 1. The molecule has 0 spiro atoms. The zero-order chi connectivity index (χ0) is 13.0. The molecule has 0 amide bonds. The lowest BCUT2D eigenvalue weighted by Crippen LogP contribution is -2.07. The lowest BCUT2D eigenvalue weighted by atomic mass is 10.2. The molecular weight excluding hydrogens is 228 g/mol. The number of nitrogens with zero attached hydrogens (tertiary/aromatic N) is 3. The summed E-state index contributed by atoms with van der Waals surface area (Å²) in [4.78, 5) is 4.37. The molecule has 0 bridgehead atoms. The summed E-state index contributed by atoms with van der Waals surface area (Å²) in [7, 11) is 3.56. The van der Waals surface area contributed by atoms with E-state index in [2.05, 4.69) is 15.4 Å². The van der Waals surface area contributed by atoms with E-state index in [1.165, 1.54) is 0 Å². The van der Waals surface area contributed by atoms with Crippen LogP contribution in [-0.4, -0.2) is 28.4 Å². The molecule has 0 fully saturated rings. The molecule has 0 saturated carbocycles. The van der Waals surface area contributed by atoms with Crippen LogP contribution >= 0.6 is 0 Å². The third-order valence-corrected chi connectivity index (χ3v) is 2.92. The van der Waals surface area contributed by atoms with E-state index in [4.69, 9.17) is 4.74 Å². The van der Waals surface area contributed by atoms with E-state index in [9.17, 15) is 0 Å². The highest BCUT2D eigenvalue weighted by Gasteiger charge is 2.03. The van der Waals surface area contributed by atoms with Crippen LogP contribution in [0.4, 0.5) is 5.69 Å². The Labute approximate surface area is 107 Å². The second kappa shape index (κ2) is 5.53. The van der Waals surface area contributed by atoms with E-state index >= 15 is 0 Å². The van der Waals surface area contributed by atoms with Gasteiger partial charge in [-0.15, -0.1) is 0 Å². The molecule has 2 rings (SSSR count). The highest BCUT2D eigenvalue weighted by atomic mass is 16.5. The standard InChI is InChI=1S/C13H18N4O/c1-10-12(9-15-17(10)2)14-8-7-11-5-4-6-13(16-11)18-3/h4-6,9,14H,7-8H2,1-3H3. The number of nitrogens with one attached hydrogen (secondary N) is 1. The number of ether oxygens (including phenoxy) is 1. The third-order valence-electron chi connectivity index (χ3n) is 2.92. The van der Waals surface area contributed by atoms with Gasteiger partial charge >= 0.3 is 0 Å². The lowest BCUT2D eigenvalue weighted by Gasteiger charge is -2.06. The molecule has 0 aromatic carbocycles.